The molecule has 0 aliphatic rings. The van der Waals surface area contributed by atoms with Gasteiger partial charge >= 0.3 is 0 Å². The fourth-order valence-electron chi connectivity index (χ4n) is 3.33. The highest BCUT2D eigenvalue weighted by Gasteiger charge is 2.13. The molecule has 2 aromatic carbocycles. The highest BCUT2D eigenvalue weighted by Crippen LogP contribution is 2.19. The number of hydrogen-bond acceptors (Lipinski definition) is 3. The number of imidazole rings is 1. The maximum atomic E-state index is 12.4. The summed E-state index contributed by atoms with van der Waals surface area (Å²) in [7, 11) is 1.58. The summed E-state index contributed by atoms with van der Waals surface area (Å²) in [5, 5.41) is 2.99. The molecule has 28 heavy (non-hydrogen) atoms. The molecule has 0 atom stereocenters. The number of carbonyl (C=O) groups excluding carboxylic acids is 1. The van der Waals surface area contributed by atoms with Crippen LogP contribution in [0.3, 0.4) is 0 Å². The van der Waals surface area contributed by atoms with Crippen molar-refractivity contribution in [2.24, 2.45) is 5.92 Å². The predicted molar refractivity (Wildman–Crippen MR) is 113 cm³/mol. The second-order valence-electron chi connectivity index (χ2n) is 7.41. The van der Waals surface area contributed by atoms with E-state index in [-0.39, 0.29) is 5.91 Å². The quantitative estimate of drug-likeness (QED) is 0.559. The normalized spacial score (nSPS) is 11.1. The highest BCUT2D eigenvalue weighted by atomic mass is 16.5. The maximum absolute atomic E-state index is 12.4. The number of hydrogen-bond donors (Lipinski definition) is 1. The average molecular weight is 380 g/mol. The molecular weight excluding hydrogens is 350 g/mol. The van der Waals surface area contributed by atoms with Gasteiger partial charge in [-0.25, -0.2) is 4.98 Å². The minimum absolute atomic E-state index is 0.106. The van der Waals surface area contributed by atoms with Crippen molar-refractivity contribution in [3.63, 3.8) is 0 Å². The third-order valence-electron chi connectivity index (χ3n) is 4.88. The van der Waals surface area contributed by atoms with E-state index in [1.807, 2.05) is 18.2 Å². The van der Waals surface area contributed by atoms with Crippen LogP contribution in [0.1, 0.15) is 42.9 Å². The van der Waals surface area contributed by atoms with Crippen LogP contribution in [0.4, 0.5) is 0 Å². The van der Waals surface area contributed by atoms with Crippen molar-refractivity contribution >= 4 is 16.9 Å². The smallest absolute Gasteiger partial charge is 0.255 e. The molecule has 0 spiro atoms. The van der Waals surface area contributed by atoms with Gasteiger partial charge in [0.2, 0.25) is 0 Å². The number of amides is 1. The van der Waals surface area contributed by atoms with E-state index in [9.17, 15) is 4.79 Å². The van der Waals surface area contributed by atoms with Gasteiger partial charge in [0.05, 0.1) is 23.7 Å². The number of aryl methyl sites for hydroxylation is 2. The summed E-state index contributed by atoms with van der Waals surface area (Å²) in [6, 6.07) is 15.6. The number of nitrogens with one attached hydrogen (secondary N) is 1. The van der Waals surface area contributed by atoms with Crippen molar-refractivity contribution in [1.82, 2.24) is 14.9 Å². The van der Waals surface area contributed by atoms with Crippen molar-refractivity contribution in [2.75, 3.05) is 13.7 Å². The molecule has 0 bridgehead atoms. The van der Waals surface area contributed by atoms with Crippen LogP contribution >= 0.6 is 0 Å². The SMILES string of the molecule is COc1ccccc1C(=O)NCCCc1nc2ccccc2n1CCC(C)C. The number of fused-ring (bicyclic) bond motifs is 1. The summed E-state index contributed by atoms with van der Waals surface area (Å²) >= 11 is 0. The number of rotatable bonds is 9. The maximum Gasteiger partial charge on any atom is 0.255 e. The fourth-order valence-corrected chi connectivity index (χ4v) is 3.33. The molecule has 0 saturated heterocycles. The summed E-state index contributed by atoms with van der Waals surface area (Å²) in [4.78, 5) is 17.2. The lowest BCUT2D eigenvalue weighted by Gasteiger charge is -2.12. The third kappa shape index (κ3) is 4.71. The average Bonchev–Trinajstić information content (AvgIpc) is 3.06. The standard InChI is InChI=1S/C23H29N3O2/c1-17(2)14-16-26-20-11-6-5-10-19(20)25-22(26)13-8-15-24-23(27)18-9-4-7-12-21(18)28-3/h4-7,9-12,17H,8,13-16H2,1-3H3,(H,24,27). The Hall–Kier alpha value is -2.82. The zero-order valence-electron chi connectivity index (χ0n) is 16.9. The monoisotopic (exact) mass is 379 g/mol. The summed E-state index contributed by atoms with van der Waals surface area (Å²) in [6.07, 6.45) is 2.79. The lowest BCUT2D eigenvalue weighted by atomic mass is 10.1. The van der Waals surface area contributed by atoms with Gasteiger partial charge in [-0.15, -0.1) is 0 Å². The van der Waals surface area contributed by atoms with Crippen LogP contribution in [0.2, 0.25) is 0 Å². The molecule has 5 heteroatoms. The first-order valence-corrected chi connectivity index (χ1v) is 9.95. The lowest BCUT2D eigenvalue weighted by Crippen LogP contribution is -2.25. The van der Waals surface area contributed by atoms with E-state index in [2.05, 4.69) is 41.9 Å². The predicted octanol–water partition coefficient (Wildman–Crippen LogP) is 4.45. The third-order valence-corrected chi connectivity index (χ3v) is 4.88. The molecular formula is C23H29N3O2. The van der Waals surface area contributed by atoms with Crippen LogP contribution in [0.15, 0.2) is 48.5 Å². The molecule has 0 radical (unpaired) electrons. The van der Waals surface area contributed by atoms with Crippen molar-refractivity contribution in [3.8, 4) is 5.75 Å². The van der Waals surface area contributed by atoms with Crippen molar-refractivity contribution in [1.29, 1.82) is 0 Å². The Morgan fingerprint density at radius 3 is 2.68 bits per heavy atom. The number of carbonyl (C=O) groups is 1. The van der Waals surface area contributed by atoms with E-state index in [0.717, 1.165) is 37.1 Å². The molecule has 5 nitrogen and oxygen atoms in total. The fraction of sp³-hybridized carbons (Fsp3) is 0.391. The first-order chi connectivity index (χ1) is 13.6. The molecule has 1 aromatic heterocycles. The van der Waals surface area contributed by atoms with E-state index >= 15 is 0 Å². The Kier molecular flexibility index (Phi) is 6.69. The number of ether oxygens (including phenoxy) is 1. The zero-order chi connectivity index (χ0) is 19.9. The van der Waals surface area contributed by atoms with Crippen molar-refractivity contribution in [2.45, 2.75) is 39.7 Å². The first kappa shape index (κ1) is 19.9. The van der Waals surface area contributed by atoms with Gasteiger partial charge in [0.1, 0.15) is 11.6 Å². The molecule has 0 saturated carbocycles. The molecule has 3 aromatic rings. The summed E-state index contributed by atoms with van der Waals surface area (Å²) in [5.74, 6) is 2.23. The summed E-state index contributed by atoms with van der Waals surface area (Å²) in [6.45, 7) is 6.06. The van der Waals surface area contributed by atoms with E-state index in [1.54, 1.807) is 19.2 Å². The first-order valence-electron chi connectivity index (χ1n) is 9.95. The van der Waals surface area contributed by atoms with Crippen LogP contribution in [0, 0.1) is 5.92 Å². The molecule has 1 heterocycles. The van der Waals surface area contributed by atoms with Crippen molar-refractivity contribution < 1.29 is 9.53 Å². The number of benzene rings is 2. The molecule has 148 valence electrons. The van der Waals surface area contributed by atoms with Gasteiger partial charge in [-0.3, -0.25) is 4.79 Å². The van der Waals surface area contributed by atoms with Crippen LogP contribution in [0.5, 0.6) is 5.75 Å². The Labute approximate surface area is 166 Å². The minimum Gasteiger partial charge on any atom is -0.496 e. The highest BCUT2D eigenvalue weighted by molar-refractivity contribution is 5.96. The van der Waals surface area contributed by atoms with Crippen LogP contribution in [-0.4, -0.2) is 29.1 Å². The van der Waals surface area contributed by atoms with Gasteiger partial charge in [-0.2, -0.15) is 0 Å². The Morgan fingerprint density at radius 2 is 1.89 bits per heavy atom. The van der Waals surface area contributed by atoms with E-state index in [1.165, 1.54) is 5.52 Å². The number of nitrogens with zero attached hydrogens (tertiary/aromatic N) is 2. The second kappa shape index (κ2) is 9.40. The Morgan fingerprint density at radius 1 is 1.14 bits per heavy atom. The van der Waals surface area contributed by atoms with Crippen LogP contribution in [-0.2, 0) is 13.0 Å². The summed E-state index contributed by atoms with van der Waals surface area (Å²) < 4.78 is 7.59. The van der Waals surface area contributed by atoms with Crippen LogP contribution < -0.4 is 10.1 Å². The molecule has 0 aliphatic heterocycles. The van der Waals surface area contributed by atoms with Gasteiger partial charge in [-0.1, -0.05) is 38.1 Å². The number of para-hydroxylation sites is 3. The van der Waals surface area contributed by atoms with E-state index < -0.39 is 0 Å². The molecule has 1 N–H and O–H groups in total. The number of methoxy groups -OCH3 is 1. The number of aromatic nitrogens is 2. The molecule has 0 unspecified atom stereocenters. The minimum atomic E-state index is -0.106. The molecule has 0 fully saturated rings. The van der Waals surface area contributed by atoms with Gasteiger partial charge in [0.25, 0.3) is 5.91 Å². The molecule has 1 amide bonds. The topological polar surface area (TPSA) is 56.1 Å². The van der Waals surface area contributed by atoms with Crippen molar-refractivity contribution in [3.05, 3.63) is 59.9 Å². The van der Waals surface area contributed by atoms with Gasteiger partial charge in [-0.05, 0) is 43.0 Å². The molecule has 3 rings (SSSR count). The molecule has 0 aliphatic carbocycles. The Bertz CT molecular complexity index is 930. The van der Waals surface area contributed by atoms with E-state index in [4.69, 9.17) is 9.72 Å². The van der Waals surface area contributed by atoms with Gasteiger partial charge < -0.3 is 14.6 Å². The summed E-state index contributed by atoms with van der Waals surface area (Å²) in [5.41, 5.74) is 2.80. The Balaban J connectivity index is 1.62. The van der Waals surface area contributed by atoms with E-state index in [0.29, 0.717) is 23.8 Å². The van der Waals surface area contributed by atoms with Gasteiger partial charge in [0, 0.05) is 19.5 Å². The second-order valence-corrected chi connectivity index (χ2v) is 7.41. The van der Waals surface area contributed by atoms with Gasteiger partial charge in [0.15, 0.2) is 0 Å². The van der Waals surface area contributed by atoms with Crippen LogP contribution in [0.25, 0.3) is 11.0 Å². The zero-order valence-corrected chi connectivity index (χ0v) is 16.9. The lowest BCUT2D eigenvalue weighted by molar-refractivity contribution is 0.0950. The largest absolute Gasteiger partial charge is 0.496 e.